The number of hydrogen-bond acceptors (Lipinski definition) is 6. The summed E-state index contributed by atoms with van der Waals surface area (Å²) in [6.07, 6.45) is 8.76. The first kappa shape index (κ1) is 38.7. The highest BCUT2D eigenvalue weighted by atomic mass is 32.2. The Kier molecular flexibility index (Phi) is 11.2. The molecule has 1 aliphatic carbocycles. The van der Waals surface area contributed by atoms with Crippen molar-refractivity contribution in [3.05, 3.63) is 99.5 Å². The third-order valence-corrected chi connectivity index (χ3v) is 13.6. The number of rotatable bonds is 12. The SMILES string of the molecule is C[Si](C)(C)CCOCn1ccc2cc(N(Cc3ccc(C4CCCCC4)cn3)C(=O)C3CCN3S(=O)(=O)c3c(F)c(F)c(F)c(F)c3F)ccc2c1=O. The highest BCUT2D eigenvalue weighted by Gasteiger charge is 2.48. The summed E-state index contributed by atoms with van der Waals surface area (Å²) in [5.41, 5.74) is 1.47. The van der Waals surface area contributed by atoms with Crippen LogP contribution in [0.25, 0.3) is 10.8 Å². The Bertz CT molecular complexity index is 2160. The molecule has 3 heterocycles. The van der Waals surface area contributed by atoms with Crippen molar-refractivity contribution in [3.8, 4) is 0 Å². The number of amides is 1. The standard InChI is InChI=1S/C37H41F5N4O5SSi/c1-53(2,3)18-17-51-22-44-15-13-24-19-27(11-12-28(24)36(44)47)45(21-26-10-9-25(20-43-26)23-7-5-4-6-8-23)37(48)29-14-16-46(29)52(49,50)35-33(41)31(39)30(38)32(40)34(35)42/h9-13,15,19-20,23,29H,4-8,14,16-18,21-22H2,1-3H3. The lowest BCUT2D eigenvalue weighted by atomic mass is 9.85. The number of hydrogen-bond donors (Lipinski definition) is 0. The molecule has 1 aliphatic heterocycles. The van der Waals surface area contributed by atoms with Crippen LogP contribution < -0.4 is 10.5 Å². The molecule has 0 N–H and O–H groups in total. The third kappa shape index (κ3) is 7.96. The highest BCUT2D eigenvalue weighted by Crippen LogP contribution is 2.36. The minimum absolute atomic E-state index is 0.0587. The van der Waals surface area contributed by atoms with Crippen molar-refractivity contribution in [2.75, 3.05) is 18.1 Å². The number of nitrogens with zero attached hydrogens (tertiary/aromatic N) is 4. The van der Waals surface area contributed by atoms with Crippen LogP contribution in [0.5, 0.6) is 0 Å². The first-order valence-electron chi connectivity index (χ1n) is 17.6. The fourth-order valence-corrected chi connectivity index (χ4v) is 9.26. The smallest absolute Gasteiger partial charge is 0.260 e. The molecule has 4 aromatic rings. The van der Waals surface area contributed by atoms with Gasteiger partial charge in [-0.25, -0.2) is 30.4 Å². The second-order valence-corrected chi connectivity index (χ2v) is 22.3. The molecule has 9 nitrogen and oxygen atoms in total. The van der Waals surface area contributed by atoms with Gasteiger partial charge >= 0.3 is 0 Å². The number of halogens is 5. The van der Waals surface area contributed by atoms with Crippen LogP contribution in [0, 0.1) is 29.1 Å². The third-order valence-electron chi connectivity index (χ3n) is 10.0. The highest BCUT2D eigenvalue weighted by molar-refractivity contribution is 7.89. The van der Waals surface area contributed by atoms with E-state index in [2.05, 4.69) is 24.6 Å². The predicted octanol–water partition coefficient (Wildman–Crippen LogP) is 7.45. The van der Waals surface area contributed by atoms with E-state index in [-0.39, 0.29) is 30.9 Å². The van der Waals surface area contributed by atoms with Gasteiger partial charge < -0.3 is 9.64 Å². The van der Waals surface area contributed by atoms with Crippen LogP contribution in [0.2, 0.25) is 25.7 Å². The van der Waals surface area contributed by atoms with Crippen LogP contribution in [0.4, 0.5) is 27.6 Å². The number of carbonyl (C=O) groups is 1. The molecule has 6 rings (SSSR count). The fraction of sp³-hybridized carbons (Fsp3) is 0.432. The van der Waals surface area contributed by atoms with Crippen LogP contribution >= 0.6 is 0 Å². The number of fused-ring (bicyclic) bond motifs is 1. The molecule has 0 spiro atoms. The van der Waals surface area contributed by atoms with E-state index >= 15 is 0 Å². The number of aromatic nitrogens is 2. The molecule has 2 aromatic carbocycles. The Balaban J connectivity index is 1.32. The van der Waals surface area contributed by atoms with Gasteiger partial charge in [0.2, 0.25) is 21.7 Å². The van der Waals surface area contributed by atoms with Gasteiger partial charge in [-0.1, -0.05) is 45.0 Å². The van der Waals surface area contributed by atoms with Gasteiger partial charge in [-0.2, -0.15) is 4.31 Å². The van der Waals surface area contributed by atoms with Crippen LogP contribution in [0.1, 0.15) is 55.7 Å². The zero-order valence-corrected chi connectivity index (χ0v) is 31.5. The van der Waals surface area contributed by atoms with Crippen molar-refractivity contribution in [2.45, 2.75) is 94.3 Å². The monoisotopic (exact) mass is 776 g/mol. The Morgan fingerprint density at radius 3 is 2.21 bits per heavy atom. The summed E-state index contributed by atoms with van der Waals surface area (Å²) in [5, 5.41) is 0.815. The molecule has 2 aromatic heterocycles. The maximum atomic E-state index is 14.7. The predicted molar refractivity (Wildman–Crippen MR) is 192 cm³/mol. The van der Waals surface area contributed by atoms with Crippen LogP contribution in [-0.4, -0.2) is 55.4 Å². The molecule has 284 valence electrons. The number of pyridine rings is 2. The minimum Gasteiger partial charge on any atom is -0.361 e. The van der Waals surface area contributed by atoms with Crippen LogP contribution in [-0.2, 0) is 32.8 Å². The topological polar surface area (TPSA) is 102 Å². The Morgan fingerprint density at radius 2 is 1.60 bits per heavy atom. The maximum Gasteiger partial charge on any atom is 0.260 e. The summed E-state index contributed by atoms with van der Waals surface area (Å²) in [4.78, 5) is 31.5. The summed E-state index contributed by atoms with van der Waals surface area (Å²) in [7, 11) is -6.70. The largest absolute Gasteiger partial charge is 0.361 e. The molecule has 0 radical (unpaired) electrons. The summed E-state index contributed by atoms with van der Waals surface area (Å²) in [6.45, 7) is 6.69. The Labute approximate surface area is 305 Å². The van der Waals surface area contributed by atoms with Gasteiger partial charge in [-0.05, 0) is 72.5 Å². The molecule has 53 heavy (non-hydrogen) atoms. The van der Waals surface area contributed by atoms with Crippen molar-refractivity contribution in [1.82, 2.24) is 13.9 Å². The lowest BCUT2D eigenvalue weighted by Gasteiger charge is -2.41. The quantitative estimate of drug-likeness (QED) is 0.0488. The molecule has 1 amide bonds. The number of ether oxygens (including phenoxy) is 1. The van der Waals surface area contributed by atoms with Gasteiger partial charge in [0, 0.05) is 44.7 Å². The molecule has 1 saturated heterocycles. The van der Waals surface area contributed by atoms with Gasteiger partial charge in [-0.15, -0.1) is 0 Å². The van der Waals surface area contributed by atoms with E-state index in [4.69, 9.17) is 4.74 Å². The van der Waals surface area contributed by atoms with Gasteiger partial charge in [0.05, 0.1) is 12.2 Å². The first-order chi connectivity index (χ1) is 25.1. The molecule has 2 fully saturated rings. The van der Waals surface area contributed by atoms with Gasteiger partial charge in [0.25, 0.3) is 5.56 Å². The van der Waals surface area contributed by atoms with E-state index in [1.165, 1.54) is 28.0 Å². The van der Waals surface area contributed by atoms with E-state index in [1.54, 1.807) is 30.6 Å². The van der Waals surface area contributed by atoms with E-state index in [0.29, 0.717) is 33.3 Å². The van der Waals surface area contributed by atoms with Crippen molar-refractivity contribution in [1.29, 1.82) is 0 Å². The maximum absolute atomic E-state index is 14.7. The molecule has 1 atom stereocenters. The van der Waals surface area contributed by atoms with Gasteiger partial charge in [0.15, 0.2) is 28.2 Å². The Hall–Kier alpha value is -3.99. The van der Waals surface area contributed by atoms with Gasteiger partial charge in [-0.3, -0.25) is 19.1 Å². The van der Waals surface area contributed by atoms with Crippen molar-refractivity contribution >= 4 is 40.5 Å². The number of sulfonamides is 1. The van der Waals surface area contributed by atoms with E-state index in [1.807, 2.05) is 6.07 Å². The van der Waals surface area contributed by atoms with E-state index < -0.39 is 70.6 Å². The Morgan fingerprint density at radius 1 is 0.925 bits per heavy atom. The summed E-state index contributed by atoms with van der Waals surface area (Å²) in [6, 6.07) is 9.45. The van der Waals surface area contributed by atoms with Gasteiger partial charge in [0.1, 0.15) is 12.8 Å². The molecular formula is C37H41F5N4O5SSi. The molecule has 16 heteroatoms. The number of anilines is 1. The summed E-state index contributed by atoms with van der Waals surface area (Å²) in [5.74, 6) is -12.8. The number of carbonyl (C=O) groups excluding carboxylic acids is 1. The molecule has 1 saturated carbocycles. The summed E-state index contributed by atoms with van der Waals surface area (Å²) >= 11 is 0. The lowest BCUT2D eigenvalue weighted by Crippen LogP contribution is -2.59. The van der Waals surface area contributed by atoms with Crippen LogP contribution in [0.15, 0.2) is 58.5 Å². The molecule has 2 aliphatic rings. The average Bonchev–Trinajstić information content (AvgIpc) is 3.10. The normalized spacial score (nSPS) is 17.2. The van der Waals surface area contributed by atoms with Crippen molar-refractivity contribution in [3.63, 3.8) is 0 Å². The minimum atomic E-state index is -5.37. The second-order valence-electron chi connectivity index (χ2n) is 14.9. The fourth-order valence-electron chi connectivity index (χ4n) is 6.76. The molecule has 0 bridgehead atoms. The van der Waals surface area contributed by atoms with Crippen molar-refractivity contribution in [2.24, 2.45) is 0 Å². The van der Waals surface area contributed by atoms with E-state index in [9.17, 15) is 40.0 Å². The lowest BCUT2D eigenvalue weighted by molar-refractivity contribution is -0.125. The summed E-state index contributed by atoms with van der Waals surface area (Å²) < 4.78 is 106. The first-order valence-corrected chi connectivity index (χ1v) is 22.7. The number of benzene rings is 2. The van der Waals surface area contributed by atoms with Crippen molar-refractivity contribution < 1.29 is 39.9 Å². The average molecular weight is 777 g/mol. The zero-order valence-electron chi connectivity index (χ0n) is 29.7. The van der Waals surface area contributed by atoms with E-state index in [0.717, 1.165) is 37.3 Å². The molecule has 1 unspecified atom stereocenters. The second kappa shape index (κ2) is 15.4. The molecular weight excluding hydrogens is 736 g/mol. The van der Waals surface area contributed by atoms with Crippen LogP contribution in [0.3, 0.4) is 0 Å². The zero-order chi connectivity index (χ0) is 38.2.